The van der Waals surface area contributed by atoms with E-state index in [4.69, 9.17) is 4.74 Å². The topological polar surface area (TPSA) is 47.4 Å². The third-order valence-electron chi connectivity index (χ3n) is 4.17. The predicted octanol–water partition coefficient (Wildman–Crippen LogP) is 3.42. The number of carbonyl (C=O) groups is 1. The van der Waals surface area contributed by atoms with Crippen molar-refractivity contribution in [1.82, 2.24) is 14.5 Å². The summed E-state index contributed by atoms with van der Waals surface area (Å²) < 4.78 is 7.66. The zero-order valence-corrected chi connectivity index (χ0v) is 14.8. The van der Waals surface area contributed by atoms with Gasteiger partial charge in [-0.3, -0.25) is 4.79 Å². The maximum Gasteiger partial charge on any atom is 0.274 e. The first kappa shape index (κ1) is 15.6. The summed E-state index contributed by atoms with van der Waals surface area (Å²) in [6.07, 6.45) is 1.99. The molecule has 0 unspecified atom stereocenters. The molecule has 0 radical (unpaired) electrons. The molecule has 3 aromatic heterocycles. The van der Waals surface area contributed by atoms with Crippen LogP contribution >= 0.6 is 22.7 Å². The van der Waals surface area contributed by atoms with Gasteiger partial charge >= 0.3 is 0 Å². The highest BCUT2D eigenvalue weighted by atomic mass is 32.1. The van der Waals surface area contributed by atoms with Crippen LogP contribution in [0, 0.1) is 0 Å². The fraction of sp³-hybridized carbons (Fsp3) is 0.294. The van der Waals surface area contributed by atoms with Crippen LogP contribution in [0.25, 0.3) is 9.88 Å². The Morgan fingerprint density at radius 3 is 3.00 bits per heavy atom. The Labute approximate surface area is 148 Å². The van der Waals surface area contributed by atoms with Gasteiger partial charge in [-0.25, -0.2) is 4.98 Å². The molecule has 1 amide bonds. The Hall–Kier alpha value is -1.96. The van der Waals surface area contributed by atoms with Gasteiger partial charge in [-0.1, -0.05) is 6.07 Å². The van der Waals surface area contributed by atoms with Gasteiger partial charge in [-0.05, 0) is 23.6 Å². The number of nitrogens with zero attached hydrogens (tertiary/aromatic N) is 3. The lowest BCUT2D eigenvalue weighted by atomic mass is 10.1. The third kappa shape index (κ3) is 2.79. The molecular weight excluding hydrogens is 342 g/mol. The molecule has 4 heterocycles. The summed E-state index contributed by atoms with van der Waals surface area (Å²) in [4.78, 5) is 20.5. The number of ether oxygens (including phenoxy) is 1. The summed E-state index contributed by atoms with van der Waals surface area (Å²) in [5.41, 5.74) is 1.60. The lowest BCUT2D eigenvalue weighted by Crippen LogP contribution is -2.44. The van der Waals surface area contributed by atoms with Crippen LogP contribution in [0.5, 0.6) is 0 Å². The van der Waals surface area contributed by atoms with Crippen LogP contribution in [0.15, 0.2) is 41.2 Å². The number of hydrogen-bond acceptors (Lipinski definition) is 5. The van der Waals surface area contributed by atoms with Crippen LogP contribution in [0.1, 0.15) is 22.2 Å². The van der Waals surface area contributed by atoms with E-state index >= 15 is 0 Å². The molecule has 0 saturated carbocycles. The molecule has 0 aromatic carbocycles. The number of aryl methyl sites for hydroxylation is 1. The number of hydrogen-bond donors (Lipinski definition) is 0. The Balaban J connectivity index is 1.61. The smallest absolute Gasteiger partial charge is 0.274 e. The quantitative estimate of drug-likeness (QED) is 0.720. The van der Waals surface area contributed by atoms with E-state index in [1.807, 2.05) is 57.7 Å². The first-order chi connectivity index (χ1) is 11.7. The lowest BCUT2D eigenvalue weighted by molar-refractivity contribution is -0.00489. The Morgan fingerprint density at radius 1 is 1.33 bits per heavy atom. The van der Waals surface area contributed by atoms with Crippen LogP contribution in [-0.2, 0) is 11.8 Å². The van der Waals surface area contributed by atoms with Crippen molar-refractivity contribution in [3.05, 3.63) is 52.6 Å². The molecule has 4 rings (SSSR count). The molecule has 0 bridgehead atoms. The molecule has 1 atom stereocenters. The zero-order valence-electron chi connectivity index (χ0n) is 13.2. The SMILES string of the molecule is Cn1cccc1[C@H]1COCCN1C(=O)c1csc(-c2cccs2)n1. The molecule has 1 aliphatic rings. The Bertz CT molecular complexity index is 838. The van der Waals surface area contributed by atoms with Crippen molar-refractivity contribution in [2.24, 2.45) is 7.05 Å². The number of thiazole rings is 1. The van der Waals surface area contributed by atoms with Crippen molar-refractivity contribution in [1.29, 1.82) is 0 Å². The zero-order chi connectivity index (χ0) is 16.5. The van der Waals surface area contributed by atoms with E-state index in [1.54, 1.807) is 11.3 Å². The number of amides is 1. The summed E-state index contributed by atoms with van der Waals surface area (Å²) in [6.45, 7) is 1.67. The average molecular weight is 359 g/mol. The van der Waals surface area contributed by atoms with Gasteiger partial charge in [0.15, 0.2) is 0 Å². The van der Waals surface area contributed by atoms with E-state index in [0.717, 1.165) is 15.6 Å². The number of morpholine rings is 1. The minimum absolute atomic E-state index is 0.0245. The van der Waals surface area contributed by atoms with Gasteiger partial charge in [0.2, 0.25) is 0 Å². The first-order valence-electron chi connectivity index (χ1n) is 7.73. The second kappa shape index (κ2) is 6.51. The van der Waals surface area contributed by atoms with Crippen molar-refractivity contribution in [3.63, 3.8) is 0 Å². The number of aromatic nitrogens is 2. The molecule has 5 nitrogen and oxygen atoms in total. The van der Waals surface area contributed by atoms with Crippen LogP contribution < -0.4 is 0 Å². The van der Waals surface area contributed by atoms with E-state index in [1.165, 1.54) is 11.3 Å². The van der Waals surface area contributed by atoms with Crippen LogP contribution in [0.2, 0.25) is 0 Å². The van der Waals surface area contributed by atoms with E-state index in [0.29, 0.717) is 25.5 Å². The van der Waals surface area contributed by atoms with Crippen molar-refractivity contribution in [2.75, 3.05) is 19.8 Å². The summed E-state index contributed by atoms with van der Waals surface area (Å²) in [6, 6.07) is 7.98. The molecule has 1 saturated heterocycles. The summed E-state index contributed by atoms with van der Waals surface area (Å²) in [5.74, 6) is -0.0245. The monoisotopic (exact) mass is 359 g/mol. The van der Waals surface area contributed by atoms with Crippen molar-refractivity contribution >= 4 is 28.6 Å². The molecular formula is C17H17N3O2S2. The summed E-state index contributed by atoms with van der Waals surface area (Å²) in [5, 5.41) is 4.78. The van der Waals surface area contributed by atoms with Crippen LogP contribution in [-0.4, -0.2) is 40.1 Å². The van der Waals surface area contributed by atoms with Gasteiger partial charge in [0.1, 0.15) is 10.7 Å². The maximum absolute atomic E-state index is 13.0. The number of rotatable bonds is 3. The van der Waals surface area contributed by atoms with E-state index in [2.05, 4.69) is 4.98 Å². The van der Waals surface area contributed by atoms with Gasteiger partial charge in [-0.15, -0.1) is 22.7 Å². The van der Waals surface area contributed by atoms with Crippen molar-refractivity contribution in [3.8, 4) is 9.88 Å². The minimum Gasteiger partial charge on any atom is -0.377 e. The van der Waals surface area contributed by atoms with Gasteiger partial charge < -0.3 is 14.2 Å². The standard InChI is InChI=1S/C17H17N3O2S2/c1-19-6-2-4-13(19)14-10-22-8-7-20(14)17(21)12-11-24-16(18-12)15-5-3-9-23-15/h2-6,9,11,14H,7-8,10H2,1H3/t14-/m1/s1. The molecule has 3 aromatic rings. The van der Waals surface area contributed by atoms with E-state index in [-0.39, 0.29) is 11.9 Å². The molecule has 1 aliphatic heterocycles. The highest BCUT2D eigenvalue weighted by Gasteiger charge is 2.31. The summed E-state index contributed by atoms with van der Waals surface area (Å²) in [7, 11) is 1.99. The van der Waals surface area contributed by atoms with E-state index in [9.17, 15) is 4.79 Å². The second-order valence-corrected chi connectivity index (χ2v) is 7.45. The van der Waals surface area contributed by atoms with Gasteiger partial charge in [0, 0.05) is 30.9 Å². The van der Waals surface area contributed by atoms with Crippen LogP contribution in [0.3, 0.4) is 0 Å². The van der Waals surface area contributed by atoms with Gasteiger partial charge in [0.25, 0.3) is 5.91 Å². The van der Waals surface area contributed by atoms with Gasteiger partial charge in [0.05, 0.1) is 24.1 Å². The minimum atomic E-state index is -0.0712. The molecule has 0 aliphatic carbocycles. The normalized spacial score (nSPS) is 18.0. The molecule has 1 fully saturated rings. The highest BCUT2D eigenvalue weighted by molar-refractivity contribution is 7.20. The number of carbonyl (C=O) groups excluding carboxylic acids is 1. The molecule has 124 valence electrons. The molecule has 7 heteroatoms. The molecule has 0 spiro atoms. The lowest BCUT2D eigenvalue weighted by Gasteiger charge is -2.35. The van der Waals surface area contributed by atoms with Gasteiger partial charge in [-0.2, -0.15) is 0 Å². The Kier molecular flexibility index (Phi) is 4.22. The highest BCUT2D eigenvalue weighted by Crippen LogP contribution is 2.30. The second-order valence-electron chi connectivity index (χ2n) is 5.65. The van der Waals surface area contributed by atoms with Crippen molar-refractivity contribution < 1.29 is 9.53 Å². The van der Waals surface area contributed by atoms with Crippen LogP contribution in [0.4, 0.5) is 0 Å². The fourth-order valence-corrected chi connectivity index (χ4v) is 4.55. The first-order valence-corrected chi connectivity index (χ1v) is 9.49. The fourth-order valence-electron chi connectivity index (χ4n) is 2.94. The predicted molar refractivity (Wildman–Crippen MR) is 95.4 cm³/mol. The number of thiophene rings is 1. The molecule has 0 N–H and O–H groups in total. The molecule has 24 heavy (non-hydrogen) atoms. The maximum atomic E-state index is 13.0. The van der Waals surface area contributed by atoms with E-state index < -0.39 is 0 Å². The largest absolute Gasteiger partial charge is 0.377 e. The Morgan fingerprint density at radius 2 is 2.25 bits per heavy atom. The third-order valence-corrected chi connectivity index (χ3v) is 6.05. The van der Waals surface area contributed by atoms with Crippen molar-refractivity contribution in [2.45, 2.75) is 6.04 Å². The summed E-state index contributed by atoms with van der Waals surface area (Å²) >= 11 is 3.15. The average Bonchev–Trinajstić information content (AvgIpc) is 3.35.